The van der Waals surface area contributed by atoms with E-state index < -0.39 is 0 Å². The lowest BCUT2D eigenvalue weighted by Crippen LogP contribution is -2.08. The lowest BCUT2D eigenvalue weighted by atomic mass is 10.2. The van der Waals surface area contributed by atoms with Gasteiger partial charge in [-0.25, -0.2) is 9.67 Å². The molecule has 3 rings (SSSR count). The van der Waals surface area contributed by atoms with E-state index in [2.05, 4.69) is 26.0 Å². The van der Waals surface area contributed by atoms with Crippen LogP contribution in [0.15, 0.2) is 59.3 Å². The Balaban J connectivity index is 1.85. The first-order valence-corrected chi connectivity index (χ1v) is 8.88. The number of halogens is 2. The second-order valence-corrected chi connectivity index (χ2v) is 6.80. The number of aromatic nitrogens is 3. The molecule has 2 heterocycles. The Bertz CT molecular complexity index is 838. The molecule has 0 aliphatic carbocycles. The Hall–Kier alpha value is -1.63. The zero-order valence-corrected chi connectivity index (χ0v) is 15.0. The van der Waals surface area contributed by atoms with Crippen LogP contribution in [0.1, 0.15) is 16.1 Å². The normalized spacial score (nSPS) is 10.7. The second kappa shape index (κ2) is 7.29. The van der Waals surface area contributed by atoms with Gasteiger partial charge in [0, 0.05) is 18.0 Å². The summed E-state index contributed by atoms with van der Waals surface area (Å²) in [4.78, 5) is 16.8. The first-order chi connectivity index (χ1) is 11.1. The number of benzene rings is 1. The van der Waals surface area contributed by atoms with Crippen molar-refractivity contribution in [1.29, 1.82) is 0 Å². The van der Waals surface area contributed by atoms with Crippen LogP contribution in [0.25, 0.3) is 5.82 Å². The summed E-state index contributed by atoms with van der Waals surface area (Å²) in [5, 5.41) is 4.62. The topological polar surface area (TPSA) is 47.8 Å². The van der Waals surface area contributed by atoms with E-state index >= 15 is 0 Å². The van der Waals surface area contributed by atoms with E-state index in [1.807, 2.05) is 30.3 Å². The van der Waals surface area contributed by atoms with Gasteiger partial charge in [-0.15, -0.1) is 0 Å². The van der Waals surface area contributed by atoms with Crippen molar-refractivity contribution >= 4 is 44.4 Å². The Morgan fingerprint density at radius 2 is 2.00 bits per heavy atom. The van der Waals surface area contributed by atoms with Gasteiger partial charge in [-0.2, -0.15) is 5.10 Å². The third-order valence-corrected chi connectivity index (χ3v) is 4.67. The number of carbonyl (C=O) groups is 1. The third kappa shape index (κ3) is 3.83. The molecule has 0 fully saturated rings. The smallest absolute Gasteiger partial charge is 0.238 e. The molecule has 0 saturated heterocycles. The molecule has 0 amide bonds. The molecule has 0 atom stereocenters. The lowest BCUT2D eigenvalue weighted by molar-refractivity contribution is 0.108. The van der Waals surface area contributed by atoms with E-state index in [1.54, 1.807) is 24.4 Å². The minimum Gasteiger partial charge on any atom is -0.280 e. The van der Waals surface area contributed by atoms with Crippen molar-refractivity contribution in [3.05, 3.63) is 75.6 Å². The standard InChI is InChI=1S/C16H11BrClN3OS/c17-14-9-13(16(22)23-10-11-5-2-1-3-6-11)21(20-14)15-12(18)7-4-8-19-15/h1-9H,10H2. The molecule has 7 heteroatoms. The van der Waals surface area contributed by atoms with E-state index in [4.69, 9.17) is 11.6 Å². The van der Waals surface area contributed by atoms with Crippen molar-refractivity contribution in [2.75, 3.05) is 0 Å². The number of carbonyl (C=O) groups excluding carboxylic acids is 1. The largest absolute Gasteiger partial charge is 0.280 e. The lowest BCUT2D eigenvalue weighted by Gasteiger charge is -2.07. The first kappa shape index (κ1) is 16.2. The molecule has 0 radical (unpaired) electrons. The average molecular weight is 409 g/mol. The first-order valence-electron chi connectivity index (χ1n) is 6.72. The second-order valence-electron chi connectivity index (χ2n) is 4.63. The van der Waals surface area contributed by atoms with Crippen LogP contribution in [-0.4, -0.2) is 19.9 Å². The number of pyridine rings is 1. The Morgan fingerprint density at radius 3 is 2.74 bits per heavy atom. The number of thioether (sulfide) groups is 1. The summed E-state index contributed by atoms with van der Waals surface area (Å²) in [5.41, 5.74) is 1.52. The maximum atomic E-state index is 12.5. The van der Waals surface area contributed by atoms with E-state index in [-0.39, 0.29) is 5.12 Å². The highest BCUT2D eigenvalue weighted by Crippen LogP contribution is 2.25. The third-order valence-electron chi connectivity index (χ3n) is 3.04. The maximum Gasteiger partial charge on any atom is 0.238 e. The number of hydrogen-bond donors (Lipinski definition) is 0. The van der Waals surface area contributed by atoms with Crippen LogP contribution in [0.3, 0.4) is 0 Å². The molecule has 116 valence electrons. The molecule has 4 nitrogen and oxygen atoms in total. The summed E-state index contributed by atoms with van der Waals surface area (Å²) < 4.78 is 2.02. The fourth-order valence-corrected chi connectivity index (χ4v) is 3.35. The molecule has 2 aromatic heterocycles. The summed E-state index contributed by atoms with van der Waals surface area (Å²) in [6.07, 6.45) is 1.61. The predicted octanol–water partition coefficient (Wildman–Crippen LogP) is 4.76. The van der Waals surface area contributed by atoms with Crippen LogP contribution in [0.2, 0.25) is 5.02 Å². The zero-order chi connectivity index (χ0) is 16.2. The Kier molecular flexibility index (Phi) is 5.15. The van der Waals surface area contributed by atoms with Gasteiger partial charge in [0.15, 0.2) is 5.82 Å². The molecule has 0 bridgehead atoms. The number of rotatable bonds is 4. The van der Waals surface area contributed by atoms with Gasteiger partial charge in [-0.1, -0.05) is 53.7 Å². The minimum atomic E-state index is -0.0891. The minimum absolute atomic E-state index is 0.0891. The molecule has 0 N–H and O–H groups in total. The quantitative estimate of drug-likeness (QED) is 0.624. The molecule has 0 aliphatic heterocycles. The van der Waals surface area contributed by atoms with Crippen molar-refractivity contribution in [3.8, 4) is 5.82 Å². The predicted molar refractivity (Wildman–Crippen MR) is 96.1 cm³/mol. The van der Waals surface area contributed by atoms with Gasteiger partial charge >= 0.3 is 0 Å². The zero-order valence-electron chi connectivity index (χ0n) is 11.8. The SMILES string of the molecule is O=C(SCc1ccccc1)c1cc(Br)nn1-c1ncccc1Cl. The van der Waals surface area contributed by atoms with Crippen molar-refractivity contribution in [2.24, 2.45) is 0 Å². The van der Waals surface area contributed by atoms with Gasteiger partial charge in [0.2, 0.25) is 5.12 Å². The van der Waals surface area contributed by atoms with Crippen LogP contribution in [0, 0.1) is 0 Å². The molecular formula is C16H11BrClN3OS. The highest BCUT2D eigenvalue weighted by molar-refractivity contribution is 9.10. The summed E-state index contributed by atoms with van der Waals surface area (Å²) >= 11 is 10.7. The van der Waals surface area contributed by atoms with Crippen LogP contribution in [-0.2, 0) is 5.75 Å². The van der Waals surface area contributed by atoms with Crippen molar-refractivity contribution in [2.45, 2.75) is 5.75 Å². The summed E-state index contributed by atoms with van der Waals surface area (Å²) in [5.74, 6) is 1.03. The summed E-state index contributed by atoms with van der Waals surface area (Å²) in [6.45, 7) is 0. The van der Waals surface area contributed by atoms with Crippen LogP contribution in [0.5, 0.6) is 0 Å². The fraction of sp³-hybridized carbons (Fsp3) is 0.0625. The van der Waals surface area contributed by atoms with Gasteiger partial charge in [0.1, 0.15) is 10.3 Å². The van der Waals surface area contributed by atoms with Crippen LogP contribution >= 0.6 is 39.3 Å². The summed E-state index contributed by atoms with van der Waals surface area (Å²) in [6, 6.07) is 15.0. The van der Waals surface area contributed by atoms with E-state index in [1.165, 1.54) is 16.4 Å². The van der Waals surface area contributed by atoms with E-state index in [0.29, 0.717) is 26.9 Å². The molecular weight excluding hydrogens is 398 g/mol. The molecule has 3 aromatic rings. The molecule has 1 aromatic carbocycles. The van der Waals surface area contributed by atoms with Crippen molar-refractivity contribution in [3.63, 3.8) is 0 Å². The van der Waals surface area contributed by atoms with Gasteiger partial charge in [-0.3, -0.25) is 4.79 Å². The summed E-state index contributed by atoms with van der Waals surface area (Å²) in [7, 11) is 0. The molecule has 0 unspecified atom stereocenters. The van der Waals surface area contributed by atoms with Gasteiger partial charge in [0.05, 0.1) is 5.02 Å². The van der Waals surface area contributed by atoms with Crippen LogP contribution in [0.4, 0.5) is 0 Å². The monoisotopic (exact) mass is 407 g/mol. The average Bonchev–Trinajstić information content (AvgIpc) is 2.96. The molecule has 0 aliphatic rings. The van der Waals surface area contributed by atoms with Crippen molar-refractivity contribution in [1.82, 2.24) is 14.8 Å². The molecule has 0 spiro atoms. The highest BCUT2D eigenvalue weighted by Gasteiger charge is 2.18. The number of nitrogens with zero attached hydrogens (tertiary/aromatic N) is 3. The highest BCUT2D eigenvalue weighted by atomic mass is 79.9. The Labute approximate surface area is 151 Å². The van der Waals surface area contributed by atoms with Crippen LogP contribution < -0.4 is 0 Å². The number of hydrogen-bond acceptors (Lipinski definition) is 4. The van der Waals surface area contributed by atoms with Gasteiger partial charge in [0.25, 0.3) is 0 Å². The molecule has 23 heavy (non-hydrogen) atoms. The van der Waals surface area contributed by atoms with Gasteiger partial charge in [-0.05, 0) is 33.6 Å². The molecule has 0 saturated carbocycles. The van der Waals surface area contributed by atoms with Crippen molar-refractivity contribution < 1.29 is 4.79 Å². The maximum absolute atomic E-state index is 12.5. The van der Waals surface area contributed by atoms with Gasteiger partial charge < -0.3 is 0 Å². The fourth-order valence-electron chi connectivity index (χ4n) is 1.99. The Morgan fingerprint density at radius 1 is 1.22 bits per heavy atom. The van der Waals surface area contributed by atoms with E-state index in [9.17, 15) is 4.79 Å². The van der Waals surface area contributed by atoms with E-state index in [0.717, 1.165) is 5.56 Å².